The van der Waals surface area contributed by atoms with Crippen LogP contribution in [0.15, 0.2) is 54.9 Å². The molecule has 1 saturated heterocycles. The van der Waals surface area contributed by atoms with Gasteiger partial charge >= 0.3 is 0 Å². The second kappa shape index (κ2) is 11.1. The number of pyridine rings is 2. The minimum Gasteiger partial charge on any atom is -0.355 e. The molecular weight excluding hydrogens is 536 g/mol. The molecule has 1 N–H and O–H groups in total. The van der Waals surface area contributed by atoms with Crippen LogP contribution in [-0.2, 0) is 10.2 Å². The van der Waals surface area contributed by atoms with Gasteiger partial charge in [0.1, 0.15) is 11.9 Å². The summed E-state index contributed by atoms with van der Waals surface area (Å²) in [6, 6.07) is 15.8. The van der Waals surface area contributed by atoms with E-state index in [9.17, 15) is 14.9 Å². The van der Waals surface area contributed by atoms with Crippen LogP contribution >= 0.6 is 11.6 Å². The highest BCUT2D eigenvalue weighted by atomic mass is 35.5. The third-order valence-electron chi connectivity index (χ3n) is 9.11. The van der Waals surface area contributed by atoms with Crippen molar-refractivity contribution in [3.63, 3.8) is 0 Å². The third kappa shape index (κ3) is 5.04. The van der Waals surface area contributed by atoms with Gasteiger partial charge in [-0.3, -0.25) is 14.6 Å². The zero-order chi connectivity index (χ0) is 28.6. The van der Waals surface area contributed by atoms with Gasteiger partial charge in [0.05, 0.1) is 27.3 Å². The molecule has 2 aromatic heterocycles. The van der Waals surface area contributed by atoms with Gasteiger partial charge < -0.3 is 15.1 Å². The molecule has 9 heteroatoms. The van der Waals surface area contributed by atoms with E-state index in [2.05, 4.69) is 38.4 Å². The Morgan fingerprint density at radius 3 is 2.63 bits per heavy atom. The summed E-state index contributed by atoms with van der Waals surface area (Å²) in [5.74, 6) is 1.13. The number of hydrogen-bond donors (Lipinski definition) is 1. The Morgan fingerprint density at radius 2 is 1.88 bits per heavy atom. The first kappa shape index (κ1) is 27.2. The monoisotopic (exact) mass is 568 g/mol. The van der Waals surface area contributed by atoms with Crippen LogP contribution in [0.5, 0.6) is 0 Å². The molecule has 8 nitrogen and oxygen atoms in total. The first-order chi connectivity index (χ1) is 19.9. The lowest BCUT2D eigenvalue weighted by molar-refractivity contribution is -0.124. The number of piperidine rings is 1. The largest absolute Gasteiger partial charge is 0.355 e. The van der Waals surface area contributed by atoms with E-state index in [1.54, 1.807) is 30.6 Å². The van der Waals surface area contributed by atoms with E-state index in [1.807, 2.05) is 24.0 Å². The number of para-hydroxylation sites is 1. The predicted octanol–water partition coefficient (Wildman–Crippen LogP) is 5.18. The molecule has 0 radical (unpaired) electrons. The topological polar surface area (TPSA) is 102 Å². The first-order valence-corrected chi connectivity index (χ1v) is 14.7. The van der Waals surface area contributed by atoms with Crippen molar-refractivity contribution in [2.75, 3.05) is 29.4 Å². The van der Waals surface area contributed by atoms with Crippen LogP contribution in [0, 0.1) is 24.2 Å². The smallest absolute Gasteiger partial charge is 0.253 e. The standard InChI is InChI=1S/C32H33ClN6O2/c1-21-26(17-24(33)19-36-21)30(40)37-25-10-8-22(9-11-25)20-39-28-7-3-2-6-27(28)32(31(39)41)12-15-38(16-13-32)29-23(18-34)5-4-14-35-29/h2-7,14,17,19,22,25H,8-13,15-16,20H2,1H3,(H,37,40)/t22-,25-. The van der Waals surface area contributed by atoms with E-state index in [1.165, 1.54) is 0 Å². The minimum atomic E-state index is -0.539. The summed E-state index contributed by atoms with van der Waals surface area (Å²) in [4.78, 5) is 39.9. The third-order valence-corrected chi connectivity index (χ3v) is 9.32. The van der Waals surface area contributed by atoms with E-state index in [0.29, 0.717) is 66.1 Å². The maximum absolute atomic E-state index is 14.2. The number of nitriles is 1. The van der Waals surface area contributed by atoms with Gasteiger partial charge in [-0.1, -0.05) is 29.8 Å². The van der Waals surface area contributed by atoms with Crippen molar-refractivity contribution in [3.8, 4) is 6.07 Å². The molecule has 41 heavy (non-hydrogen) atoms. The van der Waals surface area contributed by atoms with E-state index >= 15 is 0 Å². The van der Waals surface area contributed by atoms with Gasteiger partial charge in [-0.15, -0.1) is 0 Å². The summed E-state index contributed by atoms with van der Waals surface area (Å²) in [5.41, 5.74) is 3.36. The maximum atomic E-state index is 14.2. The number of rotatable bonds is 5. The van der Waals surface area contributed by atoms with Crippen molar-refractivity contribution in [3.05, 3.63) is 82.3 Å². The number of halogens is 1. The summed E-state index contributed by atoms with van der Waals surface area (Å²) in [6.07, 6.45) is 8.29. The summed E-state index contributed by atoms with van der Waals surface area (Å²) >= 11 is 6.06. The number of aryl methyl sites for hydroxylation is 1. The quantitative estimate of drug-likeness (QED) is 0.455. The van der Waals surface area contributed by atoms with Crippen LogP contribution in [-0.4, -0.2) is 47.5 Å². The Bertz CT molecular complexity index is 1520. The molecule has 1 aromatic carbocycles. The second-order valence-corrected chi connectivity index (χ2v) is 11.9. The lowest BCUT2D eigenvalue weighted by atomic mass is 9.73. The zero-order valence-corrected chi connectivity index (χ0v) is 23.9. The molecule has 3 aliphatic rings. The van der Waals surface area contributed by atoms with Crippen LogP contribution in [0.3, 0.4) is 0 Å². The molecule has 2 amide bonds. The van der Waals surface area contributed by atoms with Crippen molar-refractivity contribution < 1.29 is 9.59 Å². The Kier molecular flexibility index (Phi) is 7.39. The minimum absolute atomic E-state index is 0.0965. The fourth-order valence-corrected chi connectivity index (χ4v) is 7.00. The second-order valence-electron chi connectivity index (χ2n) is 11.5. The molecule has 1 saturated carbocycles. The Morgan fingerprint density at radius 1 is 1.12 bits per heavy atom. The Balaban J connectivity index is 1.11. The molecule has 0 atom stereocenters. The number of carbonyl (C=O) groups excluding carboxylic acids is 2. The number of benzene rings is 1. The molecule has 0 unspecified atom stereocenters. The highest BCUT2D eigenvalue weighted by molar-refractivity contribution is 6.30. The van der Waals surface area contributed by atoms with Gasteiger partial charge in [-0.05, 0) is 81.2 Å². The molecule has 210 valence electrons. The fourth-order valence-electron chi connectivity index (χ4n) is 6.85. The van der Waals surface area contributed by atoms with Gasteiger partial charge in [0.2, 0.25) is 5.91 Å². The molecule has 1 spiro atoms. The van der Waals surface area contributed by atoms with E-state index < -0.39 is 5.41 Å². The van der Waals surface area contributed by atoms with Crippen molar-refractivity contribution in [2.45, 2.75) is 56.9 Å². The number of anilines is 2. The fraction of sp³-hybridized carbons (Fsp3) is 0.406. The molecule has 2 aliphatic heterocycles. The maximum Gasteiger partial charge on any atom is 0.253 e. The van der Waals surface area contributed by atoms with Crippen molar-refractivity contribution in [2.24, 2.45) is 5.92 Å². The van der Waals surface area contributed by atoms with Gasteiger partial charge in [0.15, 0.2) is 0 Å². The Labute approximate surface area is 245 Å². The van der Waals surface area contributed by atoms with Crippen LogP contribution in [0.4, 0.5) is 11.5 Å². The number of aromatic nitrogens is 2. The van der Waals surface area contributed by atoms with E-state index in [0.717, 1.165) is 36.9 Å². The van der Waals surface area contributed by atoms with Gasteiger partial charge in [0.25, 0.3) is 5.91 Å². The van der Waals surface area contributed by atoms with E-state index in [-0.39, 0.29) is 17.9 Å². The Hall–Kier alpha value is -3.96. The van der Waals surface area contributed by atoms with Gasteiger partial charge in [-0.2, -0.15) is 5.26 Å². The number of hydrogen-bond acceptors (Lipinski definition) is 6. The van der Waals surface area contributed by atoms with Crippen LogP contribution < -0.4 is 15.1 Å². The summed E-state index contributed by atoms with van der Waals surface area (Å²) < 4.78 is 0. The number of carbonyl (C=O) groups is 2. The summed E-state index contributed by atoms with van der Waals surface area (Å²) in [7, 11) is 0. The van der Waals surface area contributed by atoms with Gasteiger partial charge in [-0.25, -0.2) is 4.98 Å². The van der Waals surface area contributed by atoms with Crippen LogP contribution in [0.2, 0.25) is 5.02 Å². The average Bonchev–Trinajstić information content (AvgIpc) is 3.22. The summed E-state index contributed by atoms with van der Waals surface area (Å²) in [6.45, 7) is 3.85. The lowest BCUT2D eigenvalue weighted by Gasteiger charge is -2.39. The zero-order valence-electron chi connectivity index (χ0n) is 23.1. The molecule has 0 bridgehead atoms. The number of amides is 2. The normalized spacial score (nSPS) is 21.4. The van der Waals surface area contributed by atoms with Crippen molar-refractivity contribution in [1.82, 2.24) is 15.3 Å². The molecule has 6 rings (SSSR count). The highest BCUT2D eigenvalue weighted by Crippen LogP contribution is 2.49. The molecule has 3 aromatic rings. The predicted molar refractivity (Wildman–Crippen MR) is 158 cm³/mol. The molecule has 4 heterocycles. The number of fused-ring (bicyclic) bond motifs is 2. The highest BCUT2D eigenvalue weighted by Gasteiger charge is 2.52. The lowest BCUT2D eigenvalue weighted by Crippen LogP contribution is -2.50. The molecule has 2 fully saturated rings. The average molecular weight is 569 g/mol. The first-order valence-electron chi connectivity index (χ1n) is 14.3. The van der Waals surface area contributed by atoms with Crippen LogP contribution in [0.1, 0.15) is 65.7 Å². The van der Waals surface area contributed by atoms with Crippen molar-refractivity contribution >= 4 is 34.9 Å². The van der Waals surface area contributed by atoms with E-state index in [4.69, 9.17) is 11.6 Å². The molecule has 1 aliphatic carbocycles. The van der Waals surface area contributed by atoms with Gasteiger partial charge in [0, 0.05) is 43.8 Å². The summed E-state index contributed by atoms with van der Waals surface area (Å²) in [5, 5.41) is 13.2. The SMILES string of the molecule is Cc1ncc(Cl)cc1C(=O)N[C@H]1CC[C@H](CN2C(=O)C3(CCN(c4ncccc4C#N)CC3)c3ccccc32)CC1. The number of nitrogens with one attached hydrogen (secondary N) is 1. The van der Waals surface area contributed by atoms with Crippen LogP contribution in [0.25, 0.3) is 0 Å². The van der Waals surface area contributed by atoms with Crippen molar-refractivity contribution in [1.29, 1.82) is 5.26 Å². The number of nitrogens with zero attached hydrogens (tertiary/aromatic N) is 5. The molecular formula is C32H33ClN6O2.